The number of hydrogen-bond donors (Lipinski definition) is 1. The molecule has 1 heterocycles. The van der Waals surface area contributed by atoms with Gasteiger partial charge in [0, 0.05) is 38.6 Å². The maximum atomic E-state index is 5.12. The molecule has 0 saturated carbocycles. The molecule has 0 bridgehead atoms. The number of anilines is 3. The molecule has 10 rings (SSSR count). The van der Waals surface area contributed by atoms with Crippen LogP contribution >= 0.6 is 24.0 Å². The summed E-state index contributed by atoms with van der Waals surface area (Å²) in [7, 11) is 0. The Hall–Kier alpha value is -6.46. The summed E-state index contributed by atoms with van der Waals surface area (Å²) in [5.41, 5.74) is 12.2. The van der Waals surface area contributed by atoms with E-state index >= 15 is 0 Å². The second-order valence-electron chi connectivity index (χ2n) is 13.7. The molecule has 1 aromatic heterocycles. The van der Waals surface area contributed by atoms with Crippen molar-refractivity contribution in [1.82, 2.24) is 4.98 Å². The fraction of sp³-hybridized carbons (Fsp3) is 0. The van der Waals surface area contributed by atoms with E-state index in [1.807, 2.05) is 6.07 Å². The number of aromatic nitrogens is 1. The zero-order valence-corrected chi connectivity index (χ0v) is 31.5. The summed E-state index contributed by atoms with van der Waals surface area (Å²) < 4.78 is 1.15. The molecule has 0 unspecified atom stereocenters. The minimum atomic E-state index is 0.909. The highest BCUT2D eigenvalue weighted by Gasteiger charge is 2.21. The van der Waals surface area contributed by atoms with Crippen molar-refractivity contribution in [2.24, 2.45) is 0 Å². The summed E-state index contributed by atoms with van der Waals surface area (Å²) in [4.78, 5) is 8.39. The zero-order chi connectivity index (χ0) is 36.7. The van der Waals surface area contributed by atoms with Gasteiger partial charge in [0.15, 0.2) is 0 Å². The molecule has 4 heteroatoms. The molecule has 0 aliphatic rings. The van der Waals surface area contributed by atoms with Gasteiger partial charge >= 0.3 is 0 Å². The van der Waals surface area contributed by atoms with E-state index in [0.29, 0.717) is 0 Å². The maximum absolute atomic E-state index is 5.12. The van der Waals surface area contributed by atoms with Crippen molar-refractivity contribution in [2.75, 3.05) is 4.90 Å². The molecule has 0 fully saturated rings. The smallest absolute Gasteiger partial charge is 0.124 e. The maximum Gasteiger partial charge on any atom is 0.124 e. The quantitative estimate of drug-likeness (QED) is 0.129. The van der Waals surface area contributed by atoms with Crippen LogP contribution in [0.4, 0.5) is 17.1 Å². The van der Waals surface area contributed by atoms with Gasteiger partial charge in [-0.3, -0.25) is 0 Å². The largest absolute Gasteiger partial charge is 0.310 e. The van der Waals surface area contributed by atoms with Crippen molar-refractivity contribution in [3.05, 3.63) is 200 Å². The Morgan fingerprint density at radius 1 is 0.400 bits per heavy atom. The minimum Gasteiger partial charge on any atom is -0.310 e. The van der Waals surface area contributed by atoms with Crippen molar-refractivity contribution in [3.63, 3.8) is 0 Å². The van der Waals surface area contributed by atoms with Crippen LogP contribution in [0.15, 0.2) is 205 Å². The molecule has 9 aromatic carbocycles. The van der Waals surface area contributed by atoms with E-state index in [1.165, 1.54) is 32.7 Å². The van der Waals surface area contributed by atoms with Crippen LogP contribution in [0.2, 0.25) is 0 Å². The van der Waals surface area contributed by atoms with Gasteiger partial charge < -0.3 is 4.90 Å². The number of benzene rings is 9. The Kier molecular flexibility index (Phi) is 8.48. The van der Waals surface area contributed by atoms with Crippen LogP contribution in [-0.2, 0) is 0 Å². The van der Waals surface area contributed by atoms with Gasteiger partial charge in [0.2, 0.25) is 0 Å². The summed E-state index contributed by atoms with van der Waals surface area (Å²) in [6, 6.07) is 71.5. The number of fused-ring (bicyclic) bond motifs is 4. The Balaban J connectivity index is 1.13. The summed E-state index contributed by atoms with van der Waals surface area (Å²) >= 11 is 6.83. The normalized spacial score (nSPS) is 11.4. The second kappa shape index (κ2) is 14.1. The molecule has 2 nitrogen and oxygen atoms in total. The van der Waals surface area contributed by atoms with Gasteiger partial charge in [0.25, 0.3) is 0 Å². The number of hydrogen-bond acceptors (Lipinski definition) is 4. The van der Waals surface area contributed by atoms with Crippen LogP contribution in [0, 0.1) is 0 Å². The molecule has 0 radical (unpaired) electrons. The first kappa shape index (κ1) is 33.1. The first-order valence-corrected chi connectivity index (χ1v) is 19.7. The highest BCUT2D eigenvalue weighted by Crippen LogP contribution is 2.47. The van der Waals surface area contributed by atoms with Crippen LogP contribution in [0.5, 0.6) is 0 Å². The van der Waals surface area contributed by atoms with Crippen LogP contribution in [0.3, 0.4) is 0 Å². The number of rotatable bonds is 7. The molecule has 0 amide bonds. The number of thiazole rings is 1. The SMILES string of the molecule is Sc1cc2nc(-c3ccccc3)sc2c(-c2ccc(N(c3ccc(-c4ccccc4)cc3)c3ccc4c(ccc5ccccc54)c3)cc2)c1-c1ccccc1. The topological polar surface area (TPSA) is 16.1 Å². The average molecular weight is 739 g/mol. The summed E-state index contributed by atoms with van der Waals surface area (Å²) in [5.74, 6) is 0. The van der Waals surface area contributed by atoms with Crippen LogP contribution in [0.25, 0.3) is 75.7 Å². The molecule has 0 N–H and O–H groups in total. The highest BCUT2D eigenvalue weighted by atomic mass is 32.1. The lowest BCUT2D eigenvalue weighted by molar-refractivity contribution is 1.29. The van der Waals surface area contributed by atoms with Gasteiger partial charge in [-0.2, -0.15) is 0 Å². The van der Waals surface area contributed by atoms with Gasteiger partial charge in [-0.1, -0.05) is 158 Å². The van der Waals surface area contributed by atoms with Gasteiger partial charge in [-0.05, 0) is 86.3 Å². The first-order chi connectivity index (χ1) is 27.2. The van der Waals surface area contributed by atoms with E-state index in [1.54, 1.807) is 11.3 Å². The van der Waals surface area contributed by atoms with E-state index in [0.717, 1.165) is 65.0 Å². The standard InChI is InChI=1S/C51H34N2S2/c54-47-33-46-50(55-51(52-46)39-17-8-3-9-18-39)49(48(47)37-15-6-2-7-16-37)38-24-28-42(29-25-38)53(41-26-22-35(23-27-41)34-12-4-1-5-13-34)43-30-31-45-40(32-43)21-20-36-14-10-11-19-44(36)45/h1-33,54H. The third kappa shape index (κ3) is 6.16. The Morgan fingerprint density at radius 3 is 1.60 bits per heavy atom. The molecule has 10 aromatic rings. The fourth-order valence-electron chi connectivity index (χ4n) is 7.73. The van der Waals surface area contributed by atoms with E-state index in [-0.39, 0.29) is 0 Å². The predicted molar refractivity (Wildman–Crippen MR) is 238 cm³/mol. The molecule has 0 spiro atoms. The molecule has 0 aliphatic heterocycles. The van der Waals surface area contributed by atoms with Crippen molar-refractivity contribution in [3.8, 4) is 44.0 Å². The van der Waals surface area contributed by atoms with E-state index < -0.39 is 0 Å². The lowest BCUT2D eigenvalue weighted by atomic mass is 9.93. The zero-order valence-electron chi connectivity index (χ0n) is 29.8. The van der Waals surface area contributed by atoms with Crippen LogP contribution < -0.4 is 4.90 Å². The van der Waals surface area contributed by atoms with Gasteiger partial charge in [0.1, 0.15) is 5.01 Å². The van der Waals surface area contributed by atoms with Crippen molar-refractivity contribution in [2.45, 2.75) is 4.90 Å². The Bertz CT molecular complexity index is 2960. The summed E-state index contributed by atoms with van der Waals surface area (Å²) in [6.45, 7) is 0. The van der Waals surface area contributed by atoms with Crippen LogP contribution in [-0.4, -0.2) is 4.98 Å². The lowest BCUT2D eigenvalue weighted by Crippen LogP contribution is -2.10. The number of nitrogens with zero attached hydrogens (tertiary/aromatic N) is 2. The molecule has 0 aliphatic carbocycles. The molecule has 55 heavy (non-hydrogen) atoms. The molecular formula is C51H34N2S2. The van der Waals surface area contributed by atoms with E-state index in [4.69, 9.17) is 17.6 Å². The van der Waals surface area contributed by atoms with Crippen LogP contribution in [0.1, 0.15) is 0 Å². The van der Waals surface area contributed by atoms with Gasteiger partial charge in [0.05, 0.1) is 10.2 Å². The lowest BCUT2D eigenvalue weighted by Gasteiger charge is -2.26. The molecular weight excluding hydrogens is 705 g/mol. The molecule has 0 atom stereocenters. The van der Waals surface area contributed by atoms with Gasteiger partial charge in [-0.25, -0.2) is 4.98 Å². The number of thiol groups is 1. The average Bonchev–Trinajstić information content (AvgIpc) is 3.68. The van der Waals surface area contributed by atoms with Gasteiger partial charge in [-0.15, -0.1) is 24.0 Å². The first-order valence-electron chi connectivity index (χ1n) is 18.4. The fourth-order valence-corrected chi connectivity index (χ4v) is 9.21. The Labute approximate surface area is 330 Å². The monoisotopic (exact) mass is 738 g/mol. The van der Waals surface area contributed by atoms with E-state index in [2.05, 4.69) is 199 Å². The third-order valence-electron chi connectivity index (χ3n) is 10.4. The third-order valence-corrected chi connectivity index (χ3v) is 11.9. The summed E-state index contributed by atoms with van der Waals surface area (Å²) in [6.07, 6.45) is 0. The molecule has 0 saturated heterocycles. The Morgan fingerprint density at radius 2 is 0.909 bits per heavy atom. The van der Waals surface area contributed by atoms with Crippen molar-refractivity contribution >= 4 is 72.8 Å². The second-order valence-corrected chi connectivity index (χ2v) is 15.2. The molecule has 260 valence electrons. The predicted octanol–water partition coefficient (Wildman–Crippen LogP) is 15.0. The summed E-state index contributed by atoms with van der Waals surface area (Å²) in [5, 5.41) is 5.97. The van der Waals surface area contributed by atoms with Crippen molar-refractivity contribution < 1.29 is 0 Å². The highest BCUT2D eigenvalue weighted by molar-refractivity contribution is 7.80. The minimum absolute atomic E-state index is 0.909. The van der Waals surface area contributed by atoms with Crippen molar-refractivity contribution in [1.29, 1.82) is 0 Å². The van der Waals surface area contributed by atoms with E-state index in [9.17, 15) is 0 Å².